The molecule has 0 radical (unpaired) electrons. The largest absolute Gasteiger partial charge is 0.343 e. The lowest BCUT2D eigenvalue weighted by molar-refractivity contribution is -0.130. The zero-order chi connectivity index (χ0) is 14.8. The number of nitrogens with zero attached hydrogens (tertiary/aromatic N) is 2. The molecule has 2 aliphatic heterocycles. The van der Waals surface area contributed by atoms with Gasteiger partial charge in [-0.25, -0.2) is 0 Å². The quantitative estimate of drug-likeness (QED) is 0.838. The van der Waals surface area contributed by atoms with Gasteiger partial charge >= 0.3 is 0 Å². The zero-order valence-electron chi connectivity index (χ0n) is 12.6. The van der Waals surface area contributed by atoms with Gasteiger partial charge in [0.05, 0.1) is 0 Å². The first kappa shape index (κ1) is 14.9. The van der Waals surface area contributed by atoms with Crippen molar-refractivity contribution in [3.63, 3.8) is 0 Å². The van der Waals surface area contributed by atoms with Crippen LogP contribution in [0.1, 0.15) is 37.7 Å². The molecular formula is C17H23ClN2O. The van der Waals surface area contributed by atoms with Crippen molar-refractivity contribution < 1.29 is 4.79 Å². The Kier molecular flexibility index (Phi) is 4.51. The first-order chi connectivity index (χ1) is 10.1. The van der Waals surface area contributed by atoms with Crippen molar-refractivity contribution in [1.82, 2.24) is 9.80 Å². The second-order valence-electron chi connectivity index (χ2n) is 6.24. The third-order valence-corrected chi connectivity index (χ3v) is 5.34. The highest BCUT2D eigenvalue weighted by atomic mass is 35.5. The third-order valence-electron chi connectivity index (χ3n) is 4.99. The molecule has 0 bridgehead atoms. The van der Waals surface area contributed by atoms with Gasteiger partial charge in [0.25, 0.3) is 0 Å². The number of likely N-dealkylation sites (tertiary alicyclic amines) is 2. The Morgan fingerprint density at radius 2 is 1.86 bits per heavy atom. The van der Waals surface area contributed by atoms with E-state index in [2.05, 4.69) is 17.0 Å². The van der Waals surface area contributed by atoms with Crippen LogP contribution in [0, 0.1) is 0 Å². The maximum absolute atomic E-state index is 11.4. The summed E-state index contributed by atoms with van der Waals surface area (Å²) in [7, 11) is 0. The minimum atomic E-state index is 0.212. The lowest BCUT2D eigenvalue weighted by atomic mass is 9.98. The van der Waals surface area contributed by atoms with E-state index in [1.165, 1.54) is 12.0 Å². The van der Waals surface area contributed by atoms with Crippen molar-refractivity contribution in [2.24, 2.45) is 0 Å². The fraction of sp³-hybridized carbons (Fsp3) is 0.588. The van der Waals surface area contributed by atoms with Crippen molar-refractivity contribution in [3.8, 4) is 0 Å². The molecule has 0 saturated carbocycles. The lowest BCUT2D eigenvalue weighted by Crippen LogP contribution is -2.45. The Hall–Kier alpha value is -1.06. The predicted octanol–water partition coefficient (Wildman–Crippen LogP) is 3.14. The molecule has 2 fully saturated rings. The molecular weight excluding hydrogens is 284 g/mol. The van der Waals surface area contributed by atoms with Crippen molar-refractivity contribution >= 4 is 17.5 Å². The average molecular weight is 307 g/mol. The second kappa shape index (κ2) is 6.37. The molecule has 4 heteroatoms. The highest BCUT2D eigenvalue weighted by Gasteiger charge is 2.32. The summed E-state index contributed by atoms with van der Waals surface area (Å²) in [5.41, 5.74) is 1.29. The van der Waals surface area contributed by atoms with Gasteiger partial charge in [-0.15, -0.1) is 0 Å². The fourth-order valence-electron chi connectivity index (χ4n) is 3.72. The number of hydrogen-bond donors (Lipinski definition) is 0. The molecule has 2 heterocycles. The van der Waals surface area contributed by atoms with Crippen molar-refractivity contribution in [3.05, 3.63) is 34.9 Å². The molecule has 0 aromatic heterocycles. The van der Waals surface area contributed by atoms with Crippen molar-refractivity contribution in [2.75, 3.05) is 26.2 Å². The molecule has 21 heavy (non-hydrogen) atoms. The number of halogens is 1. The standard InChI is InChI=1S/C17H23ClN2O/c1-13(21)19-10-7-15(8-11-19)20-9-6-14(12-20)16-4-2-3-5-17(16)18/h2-5,14-15H,6-12H2,1H3/t14-/m0/s1. The van der Waals surface area contributed by atoms with E-state index < -0.39 is 0 Å². The van der Waals surface area contributed by atoms with Crippen LogP contribution >= 0.6 is 11.6 Å². The molecule has 0 spiro atoms. The summed E-state index contributed by atoms with van der Waals surface area (Å²) in [5.74, 6) is 0.772. The number of benzene rings is 1. The molecule has 0 unspecified atom stereocenters. The topological polar surface area (TPSA) is 23.6 Å². The minimum absolute atomic E-state index is 0.212. The molecule has 2 aliphatic rings. The molecule has 1 amide bonds. The Morgan fingerprint density at radius 1 is 1.14 bits per heavy atom. The monoisotopic (exact) mass is 306 g/mol. The van der Waals surface area contributed by atoms with Gasteiger partial charge in [0.1, 0.15) is 0 Å². The van der Waals surface area contributed by atoms with Gasteiger partial charge < -0.3 is 4.90 Å². The molecule has 0 N–H and O–H groups in total. The van der Waals surface area contributed by atoms with E-state index in [4.69, 9.17) is 11.6 Å². The van der Waals surface area contributed by atoms with Gasteiger partial charge in [-0.2, -0.15) is 0 Å². The maximum atomic E-state index is 11.4. The molecule has 1 atom stereocenters. The predicted molar refractivity (Wildman–Crippen MR) is 85.7 cm³/mol. The summed E-state index contributed by atoms with van der Waals surface area (Å²) in [5, 5.41) is 0.899. The summed E-state index contributed by atoms with van der Waals surface area (Å²) in [6.45, 7) is 5.75. The van der Waals surface area contributed by atoms with Crippen LogP contribution in [0.2, 0.25) is 5.02 Å². The van der Waals surface area contributed by atoms with Crippen LogP contribution in [0.25, 0.3) is 0 Å². The van der Waals surface area contributed by atoms with E-state index in [9.17, 15) is 4.79 Å². The van der Waals surface area contributed by atoms with Crippen LogP contribution in [0.4, 0.5) is 0 Å². The van der Waals surface area contributed by atoms with Crippen LogP contribution in [-0.4, -0.2) is 47.9 Å². The smallest absolute Gasteiger partial charge is 0.219 e. The average Bonchev–Trinajstić information content (AvgIpc) is 2.97. The van der Waals surface area contributed by atoms with Gasteiger partial charge in [-0.05, 0) is 43.4 Å². The molecule has 114 valence electrons. The van der Waals surface area contributed by atoms with Crippen LogP contribution in [0.15, 0.2) is 24.3 Å². The Balaban J connectivity index is 1.58. The van der Waals surface area contributed by atoms with Crippen molar-refractivity contribution in [1.29, 1.82) is 0 Å². The summed E-state index contributed by atoms with van der Waals surface area (Å²) in [6.07, 6.45) is 3.40. The van der Waals surface area contributed by atoms with Crippen molar-refractivity contribution in [2.45, 2.75) is 38.1 Å². The summed E-state index contributed by atoms with van der Waals surface area (Å²) in [4.78, 5) is 16.0. The number of rotatable bonds is 2. The highest BCUT2D eigenvalue weighted by Crippen LogP contribution is 2.34. The molecule has 3 rings (SSSR count). The number of carbonyl (C=O) groups is 1. The van der Waals surface area contributed by atoms with Gasteiger partial charge in [-0.3, -0.25) is 9.69 Å². The van der Waals surface area contributed by atoms with Crippen LogP contribution in [-0.2, 0) is 4.79 Å². The number of amides is 1. The Labute approximate surface area is 131 Å². The minimum Gasteiger partial charge on any atom is -0.343 e. The molecule has 1 aromatic rings. The second-order valence-corrected chi connectivity index (χ2v) is 6.65. The first-order valence-electron chi connectivity index (χ1n) is 7.89. The Bertz CT molecular complexity index is 511. The maximum Gasteiger partial charge on any atom is 0.219 e. The van der Waals surface area contributed by atoms with Gasteiger partial charge in [-0.1, -0.05) is 29.8 Å². The molecule has 0 aliphatic carbocycles. The summed E-state index contributed by atoms with van der Waals surface area (Å²) < 4.78 is 0. The van der Waals surface area contributed by atoms with E-state index in [0.29, 0.717) is 12.0 Å². The summed E-state index contributed by atoms with van der Waals surface area (Å²) in [6, 6.07) is 8.86. The van der Waals surface area contributed by atoms with E-state index in [1.807, 2.05) is 17.0 Å². The van der Waals surface area contributed by atoms with Crippen LogP contribution in [0.5, 0.6) is 0 Å². The number of piperidine rings is 1. The number of carbonyl (C=O) groups excluding carboxylic acids is 1. The fourth-order valence-corrected chi connectivity index (χ4v) is 4.01. The third kappa shape index (κ3) is 3.24. The van der Waals surface area contributed by atoms with Crippen LogP contribution < -0.4 is 0 Å². The van der Waals surface area contributed by atoms with E-state index >= 15 is 0 Å². The van der Waals surface area contributed by atoms with E-state index in [0.717, 1.165) is 44.0 Å². The zero-order valence-corrected chi connectivity index (χ0v) is 13.4. The normalized spacial score (nSPS) is 24.5. The van der Waals surface area contributed by atoms with E-state index in [1.54, 1.807) is 6.92 Å². The van der Waals surface area contributed by atoms with Gasteiger partial charge in [0.2, 0.25) is 5.91 Å². The summed E-state index contributed by atoms with van der Waals surface area (Å²) >= 11 is 6.33. The van der Waals surface area contributed by atoms with E-state index in [-0.39, 0.29) is 5.91 Å². The molecule has 3 nitrogen and oxygen atoms in total. The van der Waals surface area contributed by atoms with Crippen LogP contribution in [0.3, 0.4) is 0 Å². The molecule has 2 saturated heterocycles. The molecule has 1 aromatic carbocycles. The lowest BCUT2D eigenvalue weighted by Gasteiger charge is -2.36. The SMILES string of the molecule is CC(=O)N1CCC(N2CC[C@H](c3ccccc3Cl)C2)CC1. The first-order valence-corrected chi connectivity index (χ1v) is 8.27. The Morgan fingerprint density at radius 3 is 2.52 bits per heavy atom. The number of hydrogen-bond acceptors (Lipinski definition) is 2. The van der Waals surface area contributed by atoms with Gasteiger partial charge in [0.15, 0.2) is 0 Å². The van der Waals surface area contributed by atoms with Gasteiger partial charge in [0, 0.05) is 37.6 Å². The highest BCUT2D eigenvalue weighted by molar-refractivity contribution is 6.31.